The number of rotatable bonds is 3. The molecule has 3 aromatic rings. The van der Waals surface area contributed by atoms with Crippen LogP contribution >= 0.6 is 0 Å². The molecule has 0 amide bonds. The van der Waals surface area contributed by atoms with Gasteiger partial charge in [0.1, 0.15) is 5.75 Å². The van der Waals surface area contributed by atoms with Gasteiger partial charge in [-0.25, -0.2) is 0 Å². The van der Waals surface area contributed by atoms with Crippen LogP contribution in [0.15, 0.2) is 54.6 Å². The van der Waals surface area contributed by atoms with Crippen molar-refractivity contribution < 1.29 is 24.9 Å². The van der Waals surface area contributed by atoms with Gasteiger partial charge in [-0.2, -0.15) is 0 Å². The van der Waals surface area contributed by atoms with Gasteiger partial charge in [0.05, 0.1) is 11.2 Å². The van der Waals surface area contributed by atoms with E-state index in [1.54, 1.807) is 27.7 Å². The SMILES string of the molecule is CC(C)(O)C(C)(C)O.OB(O)Oc1cc2ccccc2c2ccccc12. The third kappa shape index (κ3) is 4.74. The monoisotopic (exact) mass is 356 g/mol. The third-order valence-electron chi connectivity index (χ3n) is 4.46. The van der Waals surface area contributed by atoms with Gasteiger partial charge in [-0.1, -0.05) is 48.5 Å². The zero-order chi connectivity index (χ0) is 19.5. The highest BCUT2D eigenvalue weighted by Crippen LogP contribution is 2.33. The van der Waals surface area contributed by atoms with Crippen molar-refractivity contribution in [3.8, 4) is 5.75 Å². The number of aliphatic hydroxyl groups is 2. The molecule has 0 saturated heterocycles. The van der Waals surface area contributed by atoms with Crippen molar-refractivity contribution in [1.29, 1.82) is 0 Å². The van der Waals surface area contributed by atoms with E-state index in [-0.39, 0.29) is 0 Å². The Labute approximate surface area is 153 Å². The summed E-state index contributed by atoms with van der Waals surface area (Å²) in [5.41, 5.74) is -2.01. The largest absolute Gasteiger partial charge is 0.707 e. The minimum absolute atomic E-state index is 0.472. The minimum atomic E-state index is -1.81. The van der Waals surface area contributed by atoms with Gasteiger partial charge < -0.3 is 24.9 Å². The van der Waals surface area contributed by atoms with E-state index in [4.69, 9.17) is 24.9 Å². The summed E-state index contributed by atoms with van der Waals surface area (Å²) in [6, 6.07) is 17.5. The van der Waals surface area contributed by atoms with Gasteiger partial charge in [-0.05, 0) is 49.9 Å². The van der Waals surface area contributed by atoms with E-state index in [1.807, 2.05) is 54.6 Å². The summed E-state index contributed by atoms with van der Waals surface area (Å²) in [5.74, 6) is 0.472. The Hall–Kier alpha value is -2.12. The molecule has 3 aromatic carbocycles. The van der Waals surface area contributed by atoms with Crippen LogP contribution in [-0.2, 0) is 0 Å². The molecule has 0 radical (unpaired) electrons. The fourth-order valence-electron chi connectivity index (χ4n) is 2.23. The molecule has 3 rings (SSSR count). The van der Waals surface area contributed by atoms with E-state index in [0.717, 1.165) is 21.5 Å². The highest BCUT2D eigenvalue weighted by atomic mass is 16.6. The average Bonchev–Trinajstić information content (AvgIpc) is 2.53. The van der Waals surface area contributed by atoms with Gasteiger partial charge in [0, 0.05) is 5.39 Å². The second-order valence-electron chi connectivity index (χ2n) is 7.20. The maximum Gasteiger partial charge on any atom is 0.707 e. The highest BCUT2D eigenvalue weighted by Gasteiger charge is 2.31. The van der Waals surface area contributed by atoms with E-state index in [2.05, 4.69) is 0 Å². The van der Waals surface area contributed by atoms with Gasteiger partial charge >= 0.3 is 7.32 Å². The lowest BCUT2D eigenvalue weighted by atomic mass is 9.90. The van der Waals surface area contributed by atoms with Gasteiger partial charge in [0.15, 0.2) is 0 Å². The first-order chi connectivity index (χ1) is 12.0. The predicted molar refractivity (Wildman–Crippen MR) is 105 cm³/mol. The molecule has 138 valence electrons. The van der Waals surface area contributed by atoms with Crippen LogP contribution in [0, 0.1) is 0 Å². The number of hydrogen-bond donors (Lipinski definition) is 4. The van der Waals surface area contributed by atoms with Crippen LogP contribution in [0.2, 0.25) is 0 Å². The molecule has 4 N–H and O–H groups in total. The molecule has 0 aromatic heterocycles. The highest BCUT2D eigenvalue weighted by molar-refractivity contribution is 6.34. The molecule has 0 aliphatic rings. The van der Waals surface area contributed by atoms with Crippen molar-refractivity contribution in [3.63, 3.8) is 0 Å². The topological polar surface area (TPSA) is 90.2 Å². The summed E-state index contributed by atoms with van der Waals surface area (Å²) >= 11 is 0. The first kappa shape index (κ1) is 20.2. The zero-order valence-corrected chi connectivity index (χ0v) is 15.5. The second kappa shape index (κ2) is 7.64. The van der Waals surface area contributed by atoms with Gasteiger partial charge in [0.25, 0.3) is 0 Å². The molecule has 0 heterocycles. The van der Waals surface area contributed by atoms with Crippen LogP contribution in [0.3, 0.4) is 0 Å². The van der Waals surface area contributed by atoms with Gasteiger partial charge in [-0.3, -0.25) is 0 Å². The van der Waals surface area contributed by atoms with E-state index in [9.17, 15) is 0 Å². The molecule has 0 aliphatic heterocycles. The van der Waals surface area contributed by atoms with Crippen molar-refractivity contribution in [2.75, 3.05) is 0 Å². The average molecular weight is 356 g/mol. The van der Waals surface area contributed by atoms with E-state index in [0.29, 0.717) is 5.75 Å². The molecular weight excluding hydrogens is 331 g/mol. The Morgan fingerprint density at radius 3 is 1.69 bits per heavy atom. The number of hydrogen-bond acceptors (Lipinski definition) is 5. The Bertz CT molecular complexity index is 867. The summed E-state index contributed by atoms with van der Waals surface area (Å²) < 4.78 is 5.05. The fourth-order valence-corrected chi connectivity index (χ4v) is 2.23. The summed E-state index contributed by atoms with van der Waals surface area (Å²) in [6.07, 6.45) is 0. The Kier molecular flexibility index (Phi) is 5.93. The molecule has 0 unspecified atom stereocenters. The van der Waals surface area contributed by atoms with E-state index < -0.39 is 18.5 Å². The molecule has 0 aliphatic carbocycles. The van der Waals surface area contributed by atoms with Crippen LogP contribution in [0.4, 0.5) is 0 Å². The molecule has 26 heavy (non-hydrogen) atoms. The molecule has 6 heteroatoms. The Morgan fingerprint density at radius 2 is 1.19 bits per heavy atom. The van der Waals surface area contributed by atoms with Crippen molar-refractivity contribution in [2.45, 2.75) is 38.9 Å². The summed E-state index contributed by atoms with van der Waals surface area (Å²) in [5, 5.41) is 40.2. The summed E-state index contributed by atoms with van der Waals surface area (Å²) in [4.78, 5) is 0. The summed E-state index contributed by atoms with van der Waals surface area (Å²) in [7, 11) is -1.81. The zero-order valence-electron chi connectivity index (χ0n) is 15.5. The quantitative estimate of drug-likeness (QED) is 0.428. The second-order valence-corrected chi connectivity index (χ2v) is 7.20. The first-order valence-corrected chi connectivity index (χ1v) is 8.39. The molecule has 0 spiro atoms. The molecule has 0 atom stereocenters. The van der Waals surface area contributed by atoms with E-state index >= 15 is 0 Å². The minimum Gasteiger partial charge on any atom is -0.511 e. The lowest BCUT2D eigenvalue weighted by Gasteiger charge is -2.31. The third-order valence-corrected chi connectivity index (χ3v) is 4.46. The first-order valence-electron chi connectivity index (χ1n) is 8.39. The van der Waals surface area contributed by atoms with Crippen molar-refractivity contribution in [2.24, 2.45) is 0 Å². The maximum atomic E-state index is 9.10. The lowest BCUT2D eigenvalue weighted by molar-refractivity contribution is -0.107. The maximum absolute atomic E-state index is 9.10. The standard InChI is InChI=1S/C14H11BO3.C6H14O2/c16-15(17)18-14-9-10-5-1-2-6-11(10)12-7-3-4-8-13(12)14;1-5(2,7)6(3,4)8/h1-9,16-17H;7-8H,1-4H3. The molecule has 0 bridgehead atoms. The van der Waals surface area contributed by atoms with Crippen molar-refractivity contribution in [3.05, 3.63) is 54.6 Å². The smallest absolute Gasteiger partial charge is 0.511 e. The van der Waals surface area contributed by atoms with E-state index in [1.165, 1.54) is 0 Å². The fraction of sp³-hybridized carbons (Fsp3) is 0.300. The van der Waals surface area contributed by atoms with Crippen molar-refractivity contribution in [1.82, 2.24) is 0 Å². The van der Waals surface area contributed by atoms with Crippen LogP contribution < -0.4 is 4.65 Å². The molecular formula is C20H25BO5. The summed E-state index contributed by atoms with van der Waals surface area (Å²) in [6.45, 7) is 6.31. The van der Waals surface area contributed by atoms with Crippen LogP contribution in [0.5, 0.6) is 5.75 Å². The Balaban J connectivity index is 0.000000260. The molecule has 0 saturated carbocycles. The Morgan fingerprint density at radius 1 is 0.731 bits per heavy atom. The molecule has 0 fully saturated rings. The van der Waals surface area contributed by atoms with Crippen LogP contribution in [0.25, 0.3) is 21.5 Å². The number of fused-ring (bicyclic) bond motifs is 3. The lowest BCUT2D eigenvalue weighted by Crippen LogP contribution is -2.44. The molecule has 5 nitrogen and oxygen atoms in total. The normalized spacial score (nSPS) is 11.8. The van der Waals surface area contributed by atoms with Crippen LogP contribution in [-0.4, -0.2) is 38.8 Å². The van der Waals surface area contributed by atoms with Gasteiger partial charge in [0.2, 0.25) is 0 Å². The van der Waals surface area contributed by atoms with Crippen LogP contribution in [0.1, 0.15) is 27.7 Å². The van der Waals surface area contributed by atoms with Crippen molar-refractivity contribution >= 4 is 28.9 Å². The van der Waals surface area contributed by atoms with Gasteiger partial charge in [-0.15, -0.1) is 0 Å². The predicted octanol–water partition coefficient (Wildman–Crippen LogP) is 2.87. The number of benzene rings is 3.